The SMILES string of the molecule is COCCN(c1ncc(CNC2CC2)cc1Cl)C1CC1. The van der Waals surface area contributed by atoms with E-state index in [0.717, 1.165) is 29.5 Å². The summed E-state index contributed by atoms with van der Waals surface area (Å²) in [5.41, 5.74) is 1.16. The first-order valence-corrected chi connectivity index (χ1v) is 7.79. The molecule has 0 saturated heterocycles. The molecule has 2 fully saturated rings. The molecule has 110 valence electrons. The maximum Gasteiger partial charge on any atom is 0.147 e. The molecule has 3 rings (SSSR count). The van der Waals surface area contributed by atoms with E-state index < -0.39 is 0 Å². The molecular weight excluding hydrogens is 274 g/mol. The number of halogens is 1. The molecule has 1 aromatic rings. The number of aromatic nitrogens is 1. The highest BCUT2D eigenvalue weighted by atomic mass is 35.5. The van der Waals surface area contributed by atoms with Crippen molar-refractivity contribution in [3.05, 3.63) is 22.8 Å². The molecule has 1 N–H and O–H groups in total. The predicted molar refractivity (Wildman–Crippen MR) is 81.4 cm³/mol. The fraction of sp³-hybridized carbons (Fsp3) is 0.667. The Kier molecular flexibility index (Phi) is 4.44. The minimum atomic E-state index is 0.589. The second kappa shape index (κ2) is 6.29. The van der Waals surface area contributed by atoms with Crippen molar-refractivity contribution in [2.75, 3.05) is 25.2 Å². The summed E-state index contributed by atoms with van der Waals surface area (Å²) in [5.74, 6) is 0.904. The number of nitrogens with zero attached hydrogens (tertiary/aromatic N) is 2. The van der Waals surface area contributed by atoms with Crippen molar-refractivity contribution in [3.63, 3.8) is 0 Å². The summed E-state index contributed by atoms with van der Waals surface area (Å²) in [6.45, 7) is 2.42. The summed E-state index contributed by atoms with van der Waals surface area (Å²) in [7, 11) is 1.73. The van der Waals surface area contributed by atoms with Gasteiger partial charge in [-0.05, 0) is 37.3 Å². The number of anilines is 1. The topological polar surface area (TPSA) is 37.4 Å². The highest BCUT2D eigenvalue weighted by molar-refractivity contribution is 6.33. The van der Waals surface area contributed by atoms with Gasteiger partial charge in [0, 0.05) is 38.5 Å². The number of rotatable bonds is 8. The van der Waals surface area contributed by atoms with E-state index in [1.165, 1.54) is 25.7 Å². The third kappa shape index (κ3) is 3.62. The van der Waals surface area contributed by atoms with Crippen LogP contribution in [-0.2, 0) is 11.3 Å². The zero-order chi connectivity index (χ0) is 13.9. The molecule has 0 radical (unpaired) electrons. The van der Waals surface area contributed by atoms with Gasteiger partial charge in [0.2, 0.25) is 0 Å². The van der Waals surface area contributed by atoms with Gasteiger partial charge in [0.05, 0.1) is 11.6 Å². The standard InChI is InChI=1S/C15H22ClN3O/c1-20-7-6-19(13-4-5-13)15-14(16)8-11(10-18-15)9-17-12-2-3-12/h8,10,12-13,17H,2-7,9H2,1H3. The first-order valence-electron chi connectivity index (χ1n) is 7.41. The first kappa shape index (κ1) is 14.1. The van der Waals surface area contributed by atoms with Crippen LogP contribution in [0.4, 0.5) is 5.82 Å². The van der Waals surface area contributed by atoms with E-state index in [0.29, 0.717) is 18.7 Å². The van der Waals surface area contributed by atoms with Crippen LogP contribution in [-0.4, -0.2) is 37.3 Å². The van der Waals surface area contributed by atoms with Gasteiger partial charge in [-0.2, -0.15) is 0 Å². The summed E-state index contributed by atoms with van der Waals surface area (Å²) < 4.78 is 5.18. The lowest BCUT2D eigenvalue weighted by Crippen LogP contribution is -2.30. The van der Waals surface area contributed by atoms with Gasteiger partial charge >= 0.3 is 0 Å². The Bertz CT molecular complexity index is 460. The molecule has 0 aromatic carbocycles. The molecular formula is C15H22ClN3O. The maximum absolute atomic E-state index is 6.43. The predicted octanol–water partition coefficient (Wildman–Crippen LogP) is 2.60. The molecule has 0 atom stereocenters. The van der Waals surface area contributed by atoms with Gasteiger partial charge in [-0.1, -0.05) is 11.6 Å². The third-order valence-corrected chi connectivity index (χ3v) is 4.12. The highest BCUT2D eigenvalue weighted by Crippen LogP contribution is 2.34. The number of hydrogen-bond acceptors (Lipinski definition) is 4. The second-order valence-corrected chi connectivity index (χ2v) is 6.13. The number of pyridine rings is 1. The summed E-state index contributed by atoms with van der Waals surface area (Å²) in [5, 5.41) is 4.24. The lowest BCUT2D eigenvalue weighted by molar-refractivity contribution is 0.204. The fourth-order valence-corrected chi connectivity index (χ4v) is 2.66. The van der Waals surface area contributed by atoms with Gasteiger partial charge in [0.15, 0.2) is 0 Å². The van der Waals surface area contributed by atoms with Crippen LogP contribution in [0.15, 0.2) is 12.3 Å². The molecule has 5 heteroatoms. The van der Waals surface area contributed by atoms with E-state index in [4.69, 9.17) is 16.3 Å². The molecule has 2 aliphatic carbocycles. The zero-order valence-electron chi connectivity index (χ0n) is 11.9. The number of ether oxygens (including phenoxy) is 1. The first-order chi connectivity index (χ1) is 9.78. The van der Waals surface area contributed by atoms with E-state index in [2.05, 4.69) is 15.2 Å². The van der Waals surface area contributed by atoms with Crippen molar-refractivity contribution < 1.29 is 4.74 Å². The van der Waals surface area contributed by atoms with Crippen molar-refractivity contribution in [2.45, 2.75) is 44.3 Å². The Morgan fingerprint density at radius 3 is 2.80 bits per heavy atom. The minimum absolute atomic E-state index is 0.589. The Hall–Kier alpha value is -0.840. The van der Waals surface area contributed by atoms with E-state index in [1.54, 1.807) is 7.11 Å². The Morgan fingerprint density at radius 1 is 1.40 bits per heavy atom. The van der Waals surface area contributed by atoms with Crippen LogP contribution in [0.2, 0.25) is 5.02 Å². The van der Waals surface area contributed by atoms with Gasteiger partial charge in [0.25, 0.3) is 0 Å². The van der Waals surface area contributed by atoms with Crippen LogP contribution in [0.3, 0.4) is 0 Å². The molecule has 0 spiro atoms. The molecule has 2 saturated carbocycles. The molecule has 0 bridgehead atoms. The molecule has 0 aliphatic heterocycles. The molecule has 0 unspecified atom stereocenters. The van der Waals surface area contributed by atoms with Crippen molar-refractivity contribution in [2.24, 2.45) is 0 Å². The Labute approximate surface area is 125 Å². The van der Waals surface area contributed by atoms with Crippen LogP contribution in [0.25, 0.3) is 0 Å². The highest BCUT2D eigenvalue weighted by Gasteiger charge is 2.31. The fourth-order valence-electron chi connectivity index (χ4n) is 2.37. The maximum atomic E-state index is 6.43. The third-order valence-electron chi connectivity index (χ3n) is 3.85. The van der Waals surface area contributed by atoms with Crippen molar-refractivity contribution in [1.82, 2.24) is 10.3 Å². The van der Waals surface area contributed by atoms with Crippen LogP contribution in [0, 0.1) is 0 Å². The molecule has 2 aliphatic rings. The quantitative estimate of drug-likeness (QED) is 0.800. The zero-order valence-corrected chi connectivity index (χ0v) is 12.7. The normalized spacial score (nSPS) is 18.3. The van der Waals surface area contributed by atoms with Crippen molar-refractivity contribution in [3.8, 4) is 0 Å². The minimum Gasteiger partial charge on any atom is -0.383 e. The number of methoxy groups -OCH3 is 1. The second-order valence-electron chi connectivity index (χ2n) is 5.72. The van der Waals surface area contributed by atoms with Crippen LogP contribution < -0.4 is 10.2 Å². The molecule has 0 amide bonds. The van der Waals surface area contributed by atoms with E-state index in [1.807, 2.05) is 12.3 Å². The summed E-state index contributed by atoms with van der Waals surface area (Å²) in [4.78, 5) is 6.87. The Morgan fingerprint density at radius 2 is 2.20 bits per heavy atom. The van der Waals surface area contributed by atoms with E-state index in [9.17, 15) is 0 Å². The lowest BCUT2D eigenvalue weighted by atomic mass is 10.2. The monoisotopic (exact) mass is 295 g/mol. The molecule has 4 nitrogen and oxygen atoms in total. The molecule has 1 aromatic heterocycles. The largest absolute Gasteiger partial charge is 0.383 e. The van der Waals surface area contributed by atoms with Crippen LogP contribution in [0.1, 0.15) is 31.2 Å². The van der Waals surface area contributed by atoms with Gasteiger partial charge < -0.3 is 15.0 Å². The van der Waals surface area contributed by atoms with Gasteiger partial charge in [0.1, 0.15) is 5.82 Å². The Balaban J connectivity index is 1.67. The number of hydrogen-bond donors (Lipinski definition) is 1. The van der Waals surface area contributed by atoms with Gasteiger partial charge in [-0.25, -0.2) is 4.98 Å². The van der Waals surface area contributed by atoms with Gasteiger partial charge in [-0.3, -0.25) is 0 Å². The number of nitrogens with one attached hydrogen (secondary N) is 1. The average molecular weight is 296 g/mol. The molecule has 1 heterocycles. The van der Waals surface area contributed by atoms with E-state index in [-0.39, 0.29) is 0 Å². The summed E-state index contributed by atoms with van der Waals surface area (Å²) >= 11 is 6.43. The smallest absolute Gasteiger partial charge is 0.147 e. The van der Waals surface area contributed by atoms with Crippen LogP contribution >= 0.6 is 11.6 Å². The van der Waals surface area contributed by atoms with Crippen molar-refractivity contribution in [1.29, 1.82) is 0 Å². The average Bonchev–Trinajstić information content (AvgIpc) is 3.32. The lowest BCUT2D eigenvalue weighted by Gasteiger charge is -2.24. The summed E-state index contributed by atoms with van der Waals surface area (Å²) in [6, 6.07) is 3.34. The summed E-state index contributed by atoms with van der Waals surface area (Å²) in [6.07, 6.45) is 7.00. The van der Waals surface area contributed by atoms with E-state index >= 15 is 0 Å². The van der Waals surface area contributed by atoms with Crippen LogP contribution in [0.5, 0.6) is 0 Å². The van der Waals surface area contributed by atoms with Crippen molar-refractivity contribution >= 4 is 17.4 Å². The van der Waals surface area contributed by atoms with Gasteiger partial charge in [-0.15, -0.1) is 0 Å². The molecule has 20 heavy (non-hydrogen) atoms.